The van der Waals surface area contributed by atoms with Crippen molar-refractivity contribution in [2.24, 2.45) is 5.92 Å². The van der Waals surface area contributed by atoms with Gasteiger partial charge in [-0.1, -0.05) is 19.3 Å². The summed E-state index contributed by atoms with van der Waals surface area (Å²) in [6, 6.07) is 0. The van der Waals surface area contributed by atoms with Gasteiger partial charge >= 0.3 is 0 Å². The number of rotatable bonds is 2. The van der Waals surface area contributed by atoms with E-state index in [0.717, 1.165) is 19.3 Å². The fourth-order valence-corrected chi connectivity index (χ4v) is 2.42. The van der Waals surface area contributed by atoms with E-state index in [4.69, 9.17) is 4.55 Å². The van der Waals surface area contributed by atoms with Gasteiger partial charge in [-0.15, -0.1) is 0 Å². The molecule has 1 aliphatic rings. The van der Waals surface area contributed by atoms with Gasteiger partial charge in [0.25, 0.3) is 10.1 Å². The lowest BCUT2D eigenvalue weighted by molar-refractivity contribution is 0.140. The zero-order valence-electron chi connectivity index (χ0n) is 6.81. The van der Waals surface area contributed by atoms with Crippen molar-refractivity contribution in [3.8, 4) is 0 Å². The molecule has 5 heteroatoms. The number of aliphatic hydroxyl groups excluding tert-OH is 1. The molecule has 1 aliphatic carbocycles. The lowest BCUT2D eigenvalue weighted by atomic mass is 9.90. The smallest absolute Gasteiger partial charge is 0.292 e. The molecule has 4 nitrogen and oxygen atoms in total. The minimum Gasteiger partial charge on any atom is -0.375 e. The predicted octanol–water partition coefficient (Wildman–Crippen LogP) is 0.773. The van der Waals surface area contributed by atoms with Gasteiger partial charge in [0.15, 0.2) is 5.44 Å². The van der Waals surface area contributed by atoms with Crippen molar-refractivity contribution in [1.29, 1.82) is 0 Å². The average molecular weight is 194 g/mol. The highest BCUT2D eigenvalue weighted by molar-refractivity contribution is 7.86. The van der Waals surface area contributed by atoms with Crippen LogP contribution in [0.4, 0.5) is 0 Å². The van der Waals surface area contributed by atoms with E-state index in [0.29, 0.717) is 12.8 Å². The molecule has 0 heterocycles. The van der Waals surface area contributed by atoms with Crippen LogP contribution < -0.4 is 0 Å². The largest absolute Gasteiger partial charge is 0.375 e. The molecule has 0 aromatic heterocycles. The standard InChI is InChI=1S/C7H14O4S/c8-7(12(9,10)11)6-4-2-1-3-5-6/h6-8H,1-5H2,(H,9,10,11)/t7-/m1/s1. The van der Waals surface area contributed by atoms with Crippen LogP contribution in [0, 0.1) is 5.92 Å². The molecule has 0 saturated heterocycles. The van der Waals surface area contributed by atoms with E-state index in [1.165, 1.54) is 0 Å². The molecule has 1 fully saturated rings. The molecule has 0 aliphatic heterocycles. The molecule has 1 atom stereocenters. The van der Waals surface area contributed by atoms with E-state index in [1.54, 1.807) is 0 Å². The molecule has 0 aromatic carbocycles. The molecule has 0 aromatic rings. The first-order valence-corrected chi connectivity index (χ1v) is 5.66. The summed E-state index contributed by atoms with van der Waals surface area (Å²) in [5.41, 5.74) is -1.57. The molecule has 1 saturated carbocycles. The van der Waals surface area contributed by atoms with Gasteiger partial charge < -0.3 is 5.11 Å². The van der Waals surface area contributed by atoms with E-state index in [9.17, 15) is 13.5 Å². The van der Waals surface area contributed by atoms with Crippen LogP contribution in [-0.4, -0.2) is 23.5 Å². The van der Waals surface area contributed by atoms with Crippen molar-refractivity contribution < 1.29 is 18.1 Å². The molecular weight excluding hydrogens is 180 g/mol. The van der Waals surface area contributed by atoms with E-state index < -0.39 is 15.6 Å². The molecule has 2 N–H and O–H groups in total. The Balaban J connectivity index is 2.57. The summed E-state index contributed by atoms with van der Waals surface area (Å²) in [5.74, 6) is -0.270. The van der Waals surface area contributed by atoms with Crippen molar-refractivity contribution in [3.63, 3.8) is 0 Å². The maximum absolute atomic E-state index is 10.5. The highest BCUT2D eigenvalue weighted by Crippen LogP contribution is 2.28. The Labute approximate surface area is 72.3 Å². The molecule has 0 bridgehead atoms. The molecule has 0 amide bonds. The summed E-state index contributed by atoms with van der Waals surface area (Å²) in [6.45, 7) is 0. The predicted molar refractivity (Wildman–Crippen MR) is 44.1 cm³/mol. The molecule has 72 valence electrons. The topological polar surface area (TPSA) is 74.6 Å². The minimum atomic E-state index is -4.25. The van der Waals surface area contributed by atoms with Gasteiger partial charge in [-0.05, 0) is 12.8 Å². The molecular formula is C7H14O4S. The lowest BCUT2D eigenvalue weighted by Crippen LogP contribution is -2.30. The zero-order valence-corrected chi connectivity index (χ0v) is 7.63. The van der Waals surface area contributed by atoms with Gasteiger partial charge in [0.1, 0.15) is 0 Å². The third-order valence-electron chi connectivity index (χ3n) is 2.36. The van der Waals surface area contributed by atoms with Crippen molar-refractivity contribution in [3.05, 3.63) is 0 Å². The lowest BCUT2D eigenvalue weighted by Gasteiger charge is -2.24. The van der Waals surface area contributed by atoms with Gasteiger partial charge in [-0.2, -0.15) is 8.42 Å². The number of aliphatic hydroxyl groups is 1. The maximum atomic E-state index is 10.5. The minimum absolute atomic E-state index is 0.270. The molecule has 12 heavy (non-hydrogen) atoms. The molecule has 1 rings (SSSR count). The number of hydrogen-bond donors (Lipinski definition) is 2. The second-order valence-corrected chi connectivity index (χ2v) is 4.82. The van der Waals surface area contributed by atoms with Crippen LogP contribution in [0.3, 0.4) is 0 Å². The van der Waals surface area contributed by atoms with Crippen molar-refractivity contribution in [1.82, 2.24) is 0 Å². The Bertz CT molecular complexity index is 228. The van der Waals surface area contributed by atoms with Crippen molar-refractivity contribution >= 4 is 10.1 Å². The quantitative estimate of drug-likeness (QED) is 0.637. The van der Waals surface area contributed by atoms with Gasteiger partial charge in [0.2, 0.25) is 0 Å². The van der Waals surface area contributed by atoms with Crippen LogP contribution in [0.2, 0.25) is 0 Å². The Kier molecular flexibility index (Phi) is 3.09. The van der Waals surface area contributed by atoms with Crippen LogP contribution in [0.5, 0.6) is 0 Å². The SMILES string of the molecule is O=S(=O)(O)[C@@H](O)C1CCCCC1. The van der Waals surface area contributed by atoms with Gasteiger partial charge in [-0.25, -0.2) is 0 Å². The van der Waals surface area contributed by atoms with Crippen LogP contribution in [-0.2, 0) is 10.1 Å². The first-order chi connectivity index (χ1) is 5.52. The molecule has 0 radical (unpaired) electrons. The van der Waals surface area contributed by atoms with E-state index in [2.05, 4.69) is 0 Å². The third-order valence-corrected chi connectivity index (χ3v) is 3.35. The summed E-state index contributed by atoms with van der Waals surface area (Å²) in [5, 5.41) is 9.17. The van der Waals surface area contributed by atoms with Gasteiger partial charge in [0, 0.05) is 5.92 Å². The monoisotopic (exact) mass is 194 g/mol. The van der Waals surface area contributed by atoms with Crippen molar-refractivity contribution in [2.45, 2.75) is 37.5 Å². The second kappa shape index (κ2) is 3.72. The Morgan fingerprint density at radius 2 is 1.67 bits per heavy atom. The van der Waals surface area contributed by atoms with E-state index in [-0.39, 0.29) is 5.92 Å². The summed E-state index contributed by atoms with van der Waals surface area (Å²) < 4.78 is 29.6. The van der Waals surface area contributed by atoms with Crippen LogP contribution in [0.15, 0.2) is 0 Å². The van der Waals surface area contributed by atoms with Crippen LogP contribution in [0.1, 0.15) is 32.1 Å². The fourth-order valence-electron chi connectivity index (χ4n) is 1.66. The van der Waals surface area contributed by atoms with Gasteiger partial charge in [-0.3, -0.25) is 4.55 Å². The highest BCUT2D eigenvalue weighted by atomic mass is 32.2. The first kappa shape index (κ1) is 9.95. The first-order valence-electron chi connectivity index (χ1n) is 4.16. The summed E-state index contributed by atoms with van der Waals surface area (Å²) in [4.78, 5) is 0. The number of hydrogen-bond acceptors (Lipinski definition) is 3. The molecule has 0 unspecified atom stereocenters. The Hall–Kier alpha value is -0.130. The Morgan fingerprint density at radius 1 is 1.17 bits per heavy atom. The van der Waals surface area contributed by atoms with E-state index in [1.807, 2.05) is 0 Å². The second-order valence-electron chi connectivity index (χ2n) is 3.30. The van der Waals surface area contributed by atoms with E-state index >= 15 is 0 Å². The van der Waals surface area contributed by atoms with Crippen LogP contribution in [0.25, 0.3) is 0 Å². The van der Waals surface area contributed by atoms with Crippen molar-refractivity contribution in [2.75, 3.05) is 0 Å². The molecule has 0 spiro atoms. The highest BCUT2D eigenvalue weighted by Gasteiger charge is 2.30. The summed E-state index contributed by atoms with van der Waals surface area (Å²) >= 11 is 0. The van der Waals surface area contributed by atoms with Crippen LogP contribution >= 0.6 is 0 Å². The maximum Gasteiger partial charge on any atom is 0.292 e. The third kappa shape index (κ3) is 2.43. The average Bonchev–Trinajstić information content (AvgIpc) is 2.03. The zero-order chi connectivity index (χ0) is 9.19. The fraction of sp³-hybridized carbons (Fsp3) is 1.00. The van der Waals surface area contributed by atoms with Gasteiger partial charge in [0.05, 0.1) is 0 Å². The normalized spacial score (nSPS) is 23.8. The summed E-state index contributed by atoms with van der Waals surface area (Å²) in [6.07, 6.45) is 4.37. The summed E-state index contributed by atoms with van der Waals surface area (Å²) in [7, 11) is -4.25. The Morgan fingerprint density at radius 3 is 2.08 bits per heavy atom.